The number of benzene rings is 2. The average Bonchev–Trinajstić information content (AvgIpc) is 3.51. The molecule has 0 bridgehead atoms. The van der Waals surface area contributed by atoms with Gasteiger partial charge in [0.15, 0.2) is 11.5 Å². The molecule has 0 unspecified atom stereocenters. The maximum absolute atomic E-state index is 12.6. The zero-order valence-electron chi connectivity index (χ0n) is 17.8. The van der Waals surface area contributed by atoms with E-state index in [9.17, 15) is 14.9 Å². The minimum Gasteiger partial charge on any atom is -0.493 e. The largest absolute Gasteiger partial charge is 0.493 e. The van der Waals surface area contributed by atoms with Gasteiger partial charge in [-0.2, -0.15) is 5.26 Å². The van der Waals surface area contributed by atoms with E-state index in [1.54, 1.807) is 36.4 Å². The fraction of sp³-hybridized carbons (Fsp3) is 0.0800. The minimum atomic E-state index is -0.691. The number of rotatable bonds is 7. The van der Waals surface area contributed by atoms with Gasteiger partial charge < -0.3 is 23.6 Å². The molecule has 2 aromatic carbocycles. The summed E-state index contributed by atoms with van der Waals surface area (Å²) in [6, 6.07) is 16.9. The van der Waals surface area contributed by atoms with Crippen LogP contribution in [0.15, 0.2) is 79.7 Å². The number of ether oxygens (including phenoxy) is 2. The number of hydrogen-bond donors (Lipinski definition) is 1. The second kappa shape index (κ2) is 10.1. The number of carbonyl (C=O) groups excluding carboxylic acids is 2. The number of halogens is 1. The molecule has 2 aromatic heterocycles. The Bertz CT molecular complexity index is 1430. The molecule has 1 N–H and O–H groups in total. The van der Waals surface area contributed by atoms with Crippen molar-refractivity contribution in [2.45, 2.75) is 6.54 Å². The van der Waals surface area contributed by atoms with Crippen LogP contribution in [0.2, 0.25) is 0 Å². The van der Waals surface area contributed by atoms with E-state index in [2.05, 4.69) is 21.2 Å². The molecular weight excluding hydrogens is 504 g/mol. The topological polar surface area (TPSA) is 115 Å². The Kier molecular flexibility index (Phi) is 6.80. The van der Waals surface area contributed by atoms with E-state index in [0.717, 1.165) is 9.86 Å². The first kappa shape index (κ1) is 22.9. The molecule has 34 heavy (non-hydrogen) atoms. The van der Waals surface area contributed by atoms with E-state index in [4.69, 9.17) is 18.3 Å². The SMILES string of the molecule is COc1cc(/C=C(\C#N)C(=O)NCc2ccco2)ccc1OC(=O)c1cc2cc(Br)ccc2o1. The van der Waals surface area contributed by atoms with Crippen LogP contribution in [-0.2, 0) is 11.3 Å². The van der Waals surface area contributed by atoms with Crippen LogP contribution in [-0.4, -0.2) is 19.0 Å². The number of nitrogens with zero attached hydrogens (tertiary/aromatic N) is 1. The molecule has 0 aliphatic heterocycles. The van der Waals surface area contributed by atoms with Crippen molar-refractivity contribution in [3.63, 3.8) is 0 Å². The second-order valence-corrected chi connectivity index (χ2v) is 7.94. The molecule has 0 aliphatic carbocycles. The van der Waals surface area contributed by atoms with Crippen LogP contribution in [0.25, 0.3) is 17.0 Å². The first-order valence-corrected chi connectivity index (χ1v) is 10.8. The summed E-state index contributed by atoms with van der Waals surface area (Å²) in [5, 5.41) is 12.8. The van der Waals surface area contributed by atoms with Gasteiger partial charge in [-0.15, -0.1) is 0 Å². The van der Waals surface area contributed by atoms with Crippen molar-refractivity contribution in [1.29, 1.82) is 5.26 Å². The predicted octanol–water partition coefficient (Wildman–Crippen LogP) is 5.24. The summed E-state index contributed by atoms with van der Waals surface area (Å²) in [7, 11) is 1.42. The maximum Gasteiger partial charge on any atom is 0.379 e. The van der Waals surface area contributed by atoms with Gasteiger partial charge in [-0.3, -0.25) is 4.79 Å². The Morgan fingerprint density at radius 1 is 1.15 bits per heavy atom. The quantitative estimate of drug-likeness (QED) is 0.153. The van der Waals surface area contributed by atoms with Crippen molar-refractivity contribution in [3.8, 4) is 17.6 Å². The Morgan fingerprint density at radius 2 is 2.00 bits per heavy atom. The van der Waals surface area contributed by atoms with E-state index >= 15 is 0 Å². The third-order valence-electron chi connectivity index (χ3n) is 4.75. The van der Waals surface area contributed by atoms with Crippen LogP contribution in [0.1, 0.15) is 21.9 Å². The first-order chi connectivity index (χ1) is 16.5. The van der Waals surface area contributed by atoms with Crippen molar-refractivity contribution >= 4 is 44.9 Å². The van der Waals surface area contributed by atoms with Gasteiger partial charge in [0.25, 0.3) is 5.91 Å². The van der Waals surface area contributed by atoms with Crippen LogP contribution >= 0.6 is 15.9 Å². The van der Waals surface area contributed by atoms with Gasteiger partial charge in [0.05, 0.1) is 19.9 Å². The monoisotopic (exact) mass is 520 g/mol. The Hall–Kier alpha value is -4.29. The molecule has 0 atom stereocenters. The number of methoxy groups -OCH3 is 1. The van der Waals surface area contributed by atoms with Crippen LogP contribution in [0.5, 0.6) is 11.5 Å². The molecule has 1 amide bonds. The smallest absolute Gasteiger partial charge is 0.379 e. The molecule has 170 valence electrons. The van der Waals surface area contributed by atoms with Gasteiger partial charge in [-0.05, 0) is 60.2 Å². The van der Waals surface area contributed by atoms with Crippen LogP contribution in [0.4, 0.5) is 0 Å². The molecule has 4 aromatic rings. The van der Waals surface area contributed by atoms with E-state index in [1.807, 2.05) is 18.2 Å². The third kappa shape index (κ3) is 5.19. The number of carbonyl (C=O) groups is 2. The van der Waals surface area contributed by atoms with E-state index in [1.165, 1.54) is 25.5 Å². The Balaban J connectivity index is 1.50. The van der Waals surface area contributed by atoms with Crippen molar-refractivity contribution in [3.05, 3.63) is 88.0 Å². The van der Waals surface area contributed by atoms with Crippen LogP contribution in [0, 0.1) is 11.3 Å². The van der Waals surface area contributed by atoms with Gasteiger partial charge in [-0.25, -0.2) is 4.79 Å². The van der Waals surface area contributed by atoms with Gasteiger partial charge in [0.2, 0.25) is 5.76 Å². The van der Waals surface area contributed by atoms with Crippen molar-refractivity contribution < 1.29 is 27.9 Å². The van der Waals surface area contributed by atoms with E-state index in [-0.39, 0.29) is 29.4 Å². The summed E-state index contributed by atoms with van der Waals surface area (Å²) in [6.45, 7) is 0.155. The molecule has 0 spiro atoms. The number of nitriles is 1. The van der Waals surface area contributed by atoms with Gasteiger partial charge in [0, 0.05) is 9.86 Å². The molecule has 8 nitrogen and oxygen atoms in total. The molecule has 0 saturated carbocycles. The van der Waals surface area contributed by atoms with Gasteiger partial charge >= 0.3 is 5.97 Å². The zero-order chi connectivity index (χ0) is 24.1. The molecule has 4 rings (SSSR count). The summed E-state index contributed by atoms with van der Waals surface area (Å²) < 4.78 is 22.4. The molecule has 0 aliphatic rings. The van der Waals surface area contributed by atoms with Gasteiger partial charge in [-0.1, -0.05) is 22.0 Å². The molecular formula is C25H17BrN2O6. The normalized spacial score (nSPS) is 11.1. The lowest BCUT2D eigenvalue weighted by atomic mass is 10.1. The molecule has 0 saturated heterocycles. The Morgan fingerprint density at radius 3 is 2.74 bits per heavy atom. The lowest BCUT2D eigenvalue weighted by molar-refractivity contribution is -0.117. The summed E-state index contributed by atoms with van der Waals surface area (Å²) in [5.74, 6) is -0.232. The maximum atomic E-state index is 12.6. The van der Waals surface area contributed by atoms with Crippen molar-refractivity contribution in [1.82, 2.24) is 5.32 Å². The zero-order valence-corrected chi connectivity index (χ0v) is 19.4. The summed E-state index contributed by atoms with van der Waals surface area (Å²) in [5.41, 5.74) is 0.957. The lowest BCUT2D eigenvalue weighted by Gasteiger charge is -2.09. The highest BCUT2D eigenvalue weighted by Gasteiger charge is 2.18. The summed E-state index contributed by atoms with van der Waals surface area (Å²) in [4.78, 5) is 24.9. The molecule has 2 heterocycles. The van der Waals surface area contributed by atoms with Crippen LogP contribution in [0.3, 0.4) is 0 Å². The number of amides is 1. The Labute approximate surface area is 202 Å². The third-order valence-corrected chi connectivity index (χ3v) is 5.24. The highest BCUT2D eigenvalue weighted by Crippen LogP contribution is 2.31. The minimum absolute atomic E-state index is 0.0409. The highest BCUT2D eigenvalue weighted by atomic mass is 79.9. The van der Waals surface area contributed by atoms with E-state index in [0.29, 0.717) is 16.9 Å². The number of nitrogens with one attached hydrogen (secondary N) is 1. The van der Waals surface area contributed by atoms with Crippen molar-refractivity contribution in [2.75, 3.05) is 7.11 Å². The van der Waals surface area contributed by atoms with Crippen LogP contribution < -0.4 is 14.8 Å². The number of esters is 1. The highest BCUT2D eigenvalue weighted by molar-refractivity contribution is 9.10. The number of furan rings is 2. The van der Waals surface area contributed by atoms with E-state index < -0.39 is 11.9 Å². The average molecular weight is 521 g/mol. The standard InChI is InChI=1S/C25H17BrN2O6/c1-31-22-10-15(9-17(13-27)24(29)28-14-19-3-2-8-32-19)4-6-21(22)34-25(30)23-12-16-11-18(26)5-7-20(16)33-23/h2-12H,14H2,1H3,(H,28,29)/b17-9+. The summed E-state index contributed by atoms with van der Waals surface area (Å²) >= 11 is 3.38. The molecule has 0 fully saturated rings. The fourth-order valence-electron chi connectivity index (χ4n) is 3.11. The number of hydrogen-bond acceptors (Lipinski definition) is 7. The lowest BCUT2D eigenvalue weighted by Crippen LogP contribution is -2.23. The molecule has 9 heteroatoms. The van der Waals surface area contributed by atoms with Crippen molar-refractivity contribution in [2.24, 2.45) is 0 Å². The van der Waals surface area contributed by atoms with Gasteiger partial charge in [0.1, 0.15) is 23.0 Å². The second-order valence-electron chi connectivity index (χ2n) is 7.02. The summed E-state index contributed by atoms with van der Waals surface area (Å²) in [6.07, 6.45) is 2.90. The number of fused-ring (bicyclic) bond motifs is 1. The fourth-order valence-corrected chi connectivity index (χ4v) is 3.49. The molecule has 0 radical (unpaired) electrons. The predicted molar refractivity (Wildman–Crippen MR) is 126 cm³/mol. The first-order valence-electron chi connectivity index (χ1n) is 9.98.